The summed E-state index contributed by atoms with van der Waals surface area (Å²) in [5, 5.41) is 3.57. The van der Waals surface area contributed by atoms with Crippen LogP contribution in [0.4, 0.5) is 0 Å². The van der Waals surface area contributed by atoms with E-state index in [2.05, 4.69) is 16.2 Å². The van der Waals surface area contributed by atoms with E-state index >= 15 is 0 Å². The van der Waals surface area contributed by atoms with Crippen LogP contribution in [0.2, 0.25) is 5.02 Å². The molecule has 0 bridgehead atoms. The summed E-state index contributed by atoms with van der Waals surface area (Å²) in [6.07, 6.45) is 0.656. The molecule has 1 fully saturated rings. The van der Waals surface area contributed by atoms with E-state index in [1.54, 1.807) is 13.2 Å². The molecule has 2 atom stereocenters. The maximum Gasteiger partial charge on any atom is 0.238 e. The van der Waals surface area contributed by atoms with Gasteiger partial charge in [-0.2, -0.15) is 0 Å². The number of hydrogen-bond donors (Lipinski definition) is 3. The molecule has 2 unspecified atom stereocenters. The molecule has 0 radical (unpaired) electrons. The van der Waals surface area contributed by atoms with E-state index in [0.29, 0.717) is 30.3 Å². The van der Waals surface area contributed by atoms with Gasteiger partial charge in [-0.25, -0.2) is 10.9 Å². The Morgan fingerprint density at radius 3 is 2.81 bits per heavy atom. The third kappa shape index (κ3) is 4.88. The molecule has 138 valence electrons. The minimum atomic E-state index is -0.296. The summed E-state index contributed by atoms with van der Waals surface area (Å²) in [6, 6.07) is 14.8. The van der Waals surface area contributed by atoms with Crippen molar-refractivity contribution in [2.75, 3.05) is 20.3 Å². The van der Waals surface area contributed by atoms with E-state index in [1.165, 1.54) is 0 Å². The zero-order valence-corrected chi connectivity index (χ0v) is 15.3. The number of carbonyl (C=O) groups excluding carboxylic acids is 1. The van der Waals surface area contributed by atoms with Crippen molar-refractivity contribution < 1.29 is 14.3 Å². The lowest BCUT2D eigenvalue weighted by molar-refractivity contribution is -0.123. The van der Waals surface area contributed by atoms with E-state index in [9.17, 15) is 4.79 Å². The van der Waals surface area contributed by atoms with Gasteiger partial charge in [-0.3, -0.25) is 4.79 Å². The second-order valence-corrected chi connectivity index (χ2v) is 6.44. The Balaban J connectivity index is 1.41. The highest BCUT2D eigenvalue weighted by Crippen LogP contribution is 2.24. The lowest BCUT2D eigenvalue weighted by Crippen LogP contribution is -2.44. The van der Waals surface area contributed by atoms with Crippen LogP contribution in [0.3, 0.4) is 0 Å². The van der Waals surface area contributed by atoms with Gasteiger partial charge >= 0.3 is 0 Å². The van der Waals surface area contributed by atoms with E-state index in [1.807, 2.05) is 42.5 Å². The van der Waals surface area contributed by atoms with Gasteiger partial charge in [0, 0.05) is 17.1 Å². The second kappa shape index (κ2) is 8.89. The molecule has 0 aliphatic carbocycles. The molecule has 3 rings (SSSR count). The Hall–Kier alpha value is -2.28. The molecule has 1 heterocycles. The Morgan fingerprint density at radius 2 is 2.00 bits per heavy atom. The zero-order chi connectivity index (χ0) is 18.4. The molecule has 0 saturated carbocycles. The SMILES string of the molecule is COc1cccc(OCCNC(=O)C2CC(c3cccc(Cl)c3)NN2)c1. The highest BCUT2D eigenvalue weighted by molar-refractivity contribution is 6.30. The normalized spacial score (nSPS) is 19.2. The number of rotatable bonds is 7. The molecule has 1 aliphatic heterocycles. The first-order valence-electron chi connectivity index (χ1n) is 8.47. The number of hydrogen-bond acceptors (Lipinski definition) is 5. The Morgan fingerprint density at radius 1 is 1.19 bits per heavy atom. The summed E-state index contributed by atoms with van der Waals surface area (Å²) in [5.41, 5.74) is 7.24. The van der Waals surface area contributed by atoms with Gasteiger partial charge in [-0.15, -0.1) is 0 Å². The van der Waals surface area contributed by atoms with Crippen LogP contribution >= 0.6 is 11.6 Å². The van der Waals surface area contributed by atoms with Crippen LogP contribution in [-0.2, 0) is 4.79 Å². The molecule has 3 N–H and O–H groups in total. The smallest absolute Gasteiger partial charge is 0.238 e. The van der Waals surface area contributed by atoms with Crippen LogP contribution in [0.25, 0.3) is 0 Å². The fourth-order valence-corrected chi connectivity index (χ4v) is 3.03. The molecular formula is C19H22ClN3O3. The molecule has 1 amide bonds. The van der Waals surface area contributed by atoms with Crippen molar-refractivity contribution in [1.82, 2.24) is 16.2 Å². The van der Waals surface area contributed by atoms with Crippen LogP contribution in [0.1, 0.15) is 18.0 Å². The average Bonchev–Trinajstić information content (AvgIpc) is 3.15. The molecule has 1 aliphatic rings. The van der Waals surface area contributed by atoms with E-state index < -0.39 is 0 Å². The third-order valence-electron chi connectivity index (χ3n) is 4.18. The van der Waals surface area contributed by atoms with Crippen molar-refractivity contribution in [3.8, 4) is 11.5 Å². The predicted molar refractivity (Wildman–Crippen MR) is 100 cm³/mol. The molecule has 2 aromatic rings. The molecular weight excluding hydrogens is 354 g/mol. The first-order chi connectivity index (χ1) is 12.7. The number of benzene rings is 2. The van der Waals surface area contributed by atoms with Crippen molar-refractivity contribution in [2.24, 2.45) is 0 Å². The van der Waals surface area contributed by atoms with Crippen molar-refractivity contribution in [1.29, 1.82) is 0 Å². The summed E-state index contributed by atoms with van der Waals surface area (Å²) in [5.74, 6) is 1.39. The summed E-state index contributed by atoms with van der Waals surface area (Å²) < 4.78 is 10.8. The third-order valence-corrected chi connectivity index (χ3v) is 4.42. The van der Waals surface area contributed by atoms with Crippen molar-refractivity contribution in [3.63, 3.8) is 0 Å². The number of halogens is 1. The lowest BCUT2D eigenvalue weighted by atomic mass is 10.0. The maximum atomic E-state index is 12.3. The van der Waals surface area contributed by atoms with Gasteiger partial charge in [0.25, 0.3) is 0 Å². The van der Waals surface area contributed by atoms with Crippen molar-refractivity contribution in [2.45, 2.75) is 18.5 Å². The Labute approximate surface area is 157 Å². The summed E-state index contributed by atoms with van der Waals surface area (Å²) >= 11 is 6.03. The molecule has 0 spiro atoms. The minimum absolute atomic E-state index is 0.0532. The number of hydrazine groups is 1. The first kappa shape index (κ1) is 18.5. The number of amides is 1. The molecule has 6 nitrogen and oxygen atoms in total. The first-order valence-corrected chi connectivity index (χ1v) is 8.84. The van der Waals surface area contributed by atoms with Gasteiger partial charge in [0.2, 0.25) is 5.91 Å². The maximum absolute atomic E-state index is 12.3. The van der Waals surface area contributed by atoms with Crippen molar-refractivity contribution >= 4 is 17.5 Å². The molecule has 26 heavy (non-hydrogen) atoms. The Bertz CT molecular complexity index is 756. The summed E-state index contributed by atoms with van der Waals surface area (Å²) in [6.45, 7) is 0.812. The van der Waals surface area contributed by atoms with Crippen LogP contribution in [-0.4, -0.2) is 32.2 Å². The number of ether oxygens (including phenoxy) is 2. The Kier molecular flexibility index (Phi) is 6.33. The summed E-state index contributed by atoms with van der Waals surface area (Å²) in [7, 11) is 1.61. The highest BCUT2D eigenvalue weighted by atomic mass is 35.5. The minimum Gasteiger partial charge on any atom is -0.497 e. The van der Waals surface area contributed by atoms with Crippen LogP contribution in [0.5, 0.6) is 11.5 Å². The largest absolute Gasteiger partial charge is 0.497 e. The monoisotopic (exact) mass is 375 g/mol. The van der Waals surface area contributed by atoms with Gasteiger partial charge < -0.3 is 14.8 Å². The van der Waals surface area contributed by atoms with Gasteiger partial charge in [0.1, 0.15) is 24.1 Å². The molecule has 2 aromatic carbocycles. The van der Waals surface area contributed by atoms with Crippen LogP contribution in [0.15, 0.2) is 48.5 Å². The standard InChI is InChI=1S/C19H22ClN3O3/c1-25-15-6-3-7-16(11-15)26-9-8-21-19(24)18-12-17(22-23-18)13-4-2-5-14(20)10-13/h2-7,10-11,17-18,22-23H,8-9,12H2,1H3,(H,21,24). The van der Waals surface area contributed by atoms with E-state index in [4.69, 9.17) is 21.1 Å². The number of carbonyl (C=O) groups is 1. The molecule has 7 heteroatoms. The van der Waals surface area contributed by atoms with Gasteiger partial charge in [0.05, 0.1) is 13.7 Å². The lowest BCUT2D eigenvalue weighted by Gasteiger charge is -2.12. The van der Waals surface area contributed by atoms with Crippen LogP contribution < -0.4 is 25.6 Å². The van der Waals surface area contributed by atoms with E-state index in [0.717, 1.165) is 11.3 Å². The second-order valence-electron chi connectivity index (χ2n) is 6.00. The van der Waals surface area contributed by atoms with Gasteiger partial charge in [-0.05, 0) is 36.2 Å². The quantitative estimate of drug-likeness (QED) is 0.648. The topological polar surface area (TPSA) is 71.6 Å². The summed E-state index contributed by atoms with van der Waals surface area (Å²) in [4.78, 5) is 12.3. The fraction of sp³-hybridized carbons (Fsp3) is 0.316. The number of methoxy groups -OCH3 is 1. The number of nitrogens with one attached hydrogen (secondary N) is 3. The van der Waals surface area contributed by atoms with E-state index in [-0.39, 0.29) is 18.0 Å². The molecule has 1 saturated heterocycles. The zero-order valence-electron chi connectivity index (χ0n) is 14.5. The van der Waals surface area contributed by atoms with Gasteiger partial charge in [0.15, 0.2) is 0 Å². The van der Waals surface area contributed by atoms with Gasteiger partial charge in [-0.1, -0.05) is 29.8 Å². The molecule has 0 aromatic heterocycles. The fourth-order valence-electron chi connectivity index (χ4n) is 2.83. The predicted octanol–water partition coefficient (Wildman–Crippen LogP) is 2.45. The van der Waals surface area contributed by atoms with Crippen LogP contribution in [0, 0.1) is 0 Å². The highest BCUT2D eigenvalue weighted by Gasteiger charge is 2.29. The van der Waals surface area contributed by atoms with Crippen molar-refractivity contribution in [3.05, 3.63) is 59.1 Å². The average molecular weight is 376 g/mol.